The summed E-state index contributed by atoms with van der Waals surface area (Å²) in [5.41, 5.74) is 2.13. The average Bonchev–Trinajstić information content (AvgIpc) is 3.05. The first-order valence-electron chi connectivity index (χ1n) is 6.27. The van der Waals surface area contributed by atoms with Crippen LogP contribution in [0.2, 0.25) is 0 Å². The molecule has 1 N–H and O–H groups in total. The van der Waals surface area contributed by atoms with E-state index in [4.69, 9.17) is 14.6 Å². The Bertz CT molecular complexity index is 491. The van der Waals surface area contributed by atoms with Crippen LogP contribution in [0, 0.1) is 12.8 Å². The molecule has 0 radical (unpaired) electrons. The van der Waals surface area contributed by atoms with Gasteiger partial charge in [-0.1, -0.05) is 6.07 Å². The number of hydrogen-bond donors (Lipinski definition) is 1. The van der Waals surface area contributed by atoms with Gasteiger partial charge < -0.3 is 14.6 Å². The number of carbonyl (C=O) groups is 1. The van der Waals surface area contributed by atoms with Crippen molar-refractivity contribution < 1.29 is 19.4 Å². The number of rotatable bonds is 4. The molecule has 1 heterocycles. The predicted octanol–water partition coefficient (Wildman–Crippen LogP) is 2.69. The highest BCUT2D eigenvalue weighted by Gasteiger charge is 2.37. The van der Waals surface area contributed by atoms with Crippen LogP contribution in [-0.4, -0.2) is 17.9 Å². The van der Waals surface area contributed by atoms with E-state index in [9.17, 15) is 4.79 Å². The van der Waals surface area contributed by atoms with Gasteiger partial charge in [-0.3, -0.25) is 4.79 Å². The van der Waals surface area contributed by atoms with Crippen LogP contribution >= 0.6 is 0 Å². The van der Waals surface area contributed by atoms with E-state index in [-0.39, 0.29) is 19.1 Å². The molecule has 0 saturated heterocycles. The molecule has 1 aromatic carbocycles. The maximum atomic E-state index is 11.1. The van der Waals surface area contributed by atoms with Crippen molar-refractivity contribution in [3.05, 3.63) is 23.3 Å². The van der Waals surface area contributed by atoms with Gasteiger partial charge in [0.1, 0.15) is 0 Å². The summed E-state index contributed by atoms with van der Waals surface area (Å²) >= 11 is 0. The molecule has 1 aliphatic carbocycles. The Labute approximate surface area is 106 Å². The highest BCUT2D eigenvalue weighted by atomic mass is 16.7. The van der Waals surface area contributed by atoms with Crippen molar-refractivity contribution in [2.75, 3.05) is 6.79 Å². The molecule has 0 bridgehead atoms. The van der Waals surface area contributed by atoms with E-state index >= 15 is 0 Å². The lowest BCUT2D eigenvalue weighted by Gasteiger charge is -2.19. The van der Waals surface area contributed by atoms with Crippen molar-refractivity contribution in [1.29, 1.82) is 0 Å². The molecule has 1 aliphatic heterocycles. The van der Waals surface area contributed by atoms with Gasteiger partial charge >= 0.3 is 5.97 Å². The fourth-order valence-electron chi connectivity index (χ4n) is 2.74. The number of hydrogen-bond acceptors (Lipinski definition) is 3. The van der Waals surface area contributed by atoms with E-state index in [2.05, 4.69) is 0 Å². The highest BCUT2D eigenvalue weighted by Crippen LogP contribution is 2.51. The van der Waals surface area contributed by atoms with Crippen LogP contribution in [0.5, 0.6) is 11.5 Å². The standard InChI is InChI=1S/C14H16O4/c1-8-2-5-11-14(18-7-17-11)13(8)10(6-12(15)16)9-3-4-9/h2,5,9-10H,3-4,6-7H2,1H3,(H,15,16). The number of aliphatic carboxylic acids is 1. The van der Waals surface area contributed by atoms with Crippen LogP contribution in [0.25, 0.3) is 0 Å². The molecule has 18 heavy (non-hydrogen) atoms. The number of carboxylic acids is 1. The molecule has 1 fully saturated rings. The van der Waals surface area contributed by atoms with Crippen molar-refractivity contribution in [2.24, 2.45) is 5.92 Å². The number of benzene rings is 1. The summed E-state index contributed by atoms with van der Waals surface area (Å²) < 4.78 is 10.9. The van der Waals surface area contributed by atoms with Crippen LogP contribution in [0.4, 0.5) is 0 Å². The Hall–Kier alpha value is -1.71. The fourth-order valence-corrected chi connectivity index (χ4v) is 2.74. The average molecular weight is 248 g/mol. The molecule has 1 aromatic rings. The normalized spacial score (nSPS) is 18.7. The first-order chi connectivity index (χ1) is 8.66. The minimum Gasteiger partial charge on any atom is -0.481 e. The molecule has 4 nitrogen and oxygen atoms in total. The van der Waals surface area contributed by atoms with Crippen LogP contribution in [-0.2, 0) is 4.79 Å². The summed E-state index contributed by atoms with van der Waals surface area (Å²) in [5.74, 6) is 1.29. The summed E-state index contributed by atoms with van der Waals surface area (Å²) in [6, 6.07) is 3.88. The summed E-state index contributed by atoms with van der Waals surface area (Å²) in [6.45, 7) is 2.24. The molecule has 96 valence electrons. The van der Waals surface area contributed by atoms with Gasteiger partial charge in [-0.05, 0) is 37.3 Å². The molecular formula is C14H16O4. The van der Waals surface area contributed by atoms with E-state index in [1.54, 1.807) is 0 Å². The molecule has 1 atom stereocenters. The maximum Gasteiger partial charge on any atom is 0.303 e. The SMILES string of the molecule is Cc1ccc2c(c1C(CC(=O)O)C1CC1)OCO2. The first-order valence-corrected chi connectivity index (χ1v) is 6.27. The van der Waals surface area contributed by atoms with E-state index in [1.165, 1.54) is 0 Å². The molecule has 3 rings (SSSR count). The van der Waals surface area contributed by atoms with Crippen LogP contribution < -0.4 is 9.47 Å². The van der Waals surface area contributed by atoms with E-state index < -0.39 is 5.97 Å². The lowest BCUT2D eigenvalue weighted by atomic mass is 9.87. The molecule has 0 spiro atoms. The molecule has 2 aliphatic rings. The lowest BCUT2D eigenvalue weighted by molar-refractivity contribution is -0.137. The third kappa shape index (κ3) is 1.92. The van der Waals surface area contributed by atoms with Gasteiger partial charge in [-0.25, -0.2) is 0 Å². The molecule has 0 aromatic heterocycles. The van der Waals surface area contributed by atoms with Gasteiger partial charge in [-0.15, -0.1) is 0 Å². The van der Waals surface area contributed by atoms with E-state index in [1.807, 2.05) is 19.1 Å². The van der Waals surface area contributed by atoms with Crippen molar-refractivity contribution in [3.8, 4) is 11.5 Å². The van der Waals surface area contributed by atoms with Crippen LogP contribution in [0.15, 0.2) is 12.1 Å². The number of aryl methyl sites for hydroxylation is 1. The number of fused-ring (bicyclic) bond motifs is 1. The maximum absolute atomic E-state index is 11.1. The smallest absolute Gasteiger partial charge is 0.303 e. The van der Waals surface area contributed by atoms with Gasteiger partial charge in [0.15, 0.2) is 11.5 Å². The van der Waals surface area contributed by atoms with Crippen LogP contribution in [0.3, 0.4) is 0 Å². The van der Waals surface area contributed by atoms with Gasteiger partial charge in [-0.2, -0.15) is 0 Å². The first kappa shape index (κ1) is 11.4. The van der Waals surface area contributed by atoms with E-state index in [0.29, 0.717) is 5.92 Å². The topological polar surface area (TPSA) is 55.8 Å². The van der Waals surface area contributed by atoms with Gasteiger partial charge in [0.05, 0.1) is 6.42 Å². The van der Waals surface area contributed by atoms with Crippen molar-refractivity contribution in [1.82, 2.24) is 0 Å². The lowest BCUT2D eigenvalue weighted by Crippen LogP contribution is -2.10. The Morgan fingerprint density at radius 1 is 1.44 bits per heavy atom. The third-order valence-corrected chi connectivity index (χ3v) is 3.75. The summed E-state index contributed by atoms with van der Waals surface area (Å²) in [4.78, 5) is 11.1. The molecule has 0 amide bonds. The van der Waals surface area contributed by atoms with Crippen molar-refractivity contribution >= 4 is 5.97 Å². The monoisotopic (exact) mass is 248 g/mol. The Morgan fingerprint density at radius 3 is 2.89 bits per heavy atom. The quantitative estimate of drug-likeness (QED) is 0.890. The zero-order valence-electron chi connectivity index (χ0n) is 10.3. The fraction of sp³-hybridized carbons (Fsp3) is 0.500. The molecular weight excluding hydrogens is 232 g/mol. The number of ether oxygens (including phenoxy) is 2. The zero-order chi connectivity index (χ0) is 12.7. The second-order valence-corrected chi connectivity index (χ2v) is 5.07. The minimum atomic E-state index is -0.747. The Balaban J connectivity index is 2.03. The minimum absolute atomic E-state index is 0.0548. The highest BCUT2D eigenvalue weighted by molar-refractivity contribution is 5.69. The predicted molar refractivity (Wildman–Crippen MR) is 65.0 cm³/mol. The second kappa shape index (κ2) is 4.19. The zero-order valence-corrected chi connectivity index (χ0v) is 10.3. The third-order valence-electron chi connectivity index (χ3n) is 3.75. The largest absolute Gasteiger partial charge is 0.481 e. The van der Waals surface area contributed by atoms with Crippen molar-refractivity contribution in [2.45, 2.75) is 32.1 Å². The van der Waals surface area contributed by atoms with Crippen molar-refractivity contribution in [3.63, 3.8) is 0 Å². The molecule has 1 unspecified atom stereocenters. The summed E-state index contributed by atoms with van der Waals surface area (Å²) in [6.07, 6.45) is 2.40. The van der Waals surface area contributed by atoms with Gasteiger partial charge in [0, 0.05) is 11.5 Å². The molecule has 4 heteroatoms. The summed E-state index contributed by atoms with van der Waals surface area (Å²) in [7, 11) is 0. The Morgan fingerprint density at radius 2 is 2.22 bits per heavy atom. The number of carboxylic acid groups (broad SMARTS) is 1. The molecule has 1 saturated carbocycles. The van der Waals surface area contributed by atoms with Gasteiger partial charge in [0.25, 0.3) is 0 Å². The van der Waals surface area contributed by atoms with E-state index in [0.717, 1.165) is 35.5 Å². The second-order valence-electron chi connectivity index (χ2n) is 5.07. The Kier molecular flexibility index (Phi) is 2.65. The van der Waals surface area contributed by atoms with Crippen LogP contribution in [0.1, 0.15) is 36.3 Å². The summed E-state index contributed by atoms with van der Waals surface area (Å²) in [5, 5.41) is 9.09. The van der Waals surface area contributed by atoms with Gasteiger partial charge in [0.2, 0.25) is 6.79 Å².